The van der Waals surface area contributed by atoms with Crippen molar-refractivity contribution in [2.45, 2.75) is 12.3 Å². The summed E-state index contributed by atoms with van der Waals surface area (Å²) in [5.74, 6) is -0.824. The van der Waals surface area contributed by atoms with E-state index >= 15 is 0 Å². The first-order valence-electron chi connectivity index (χ1n) is 8.38. The van der Waals surface area contributed by atoms with E-state index in [0.717, 1.165) is 6.42 Å². The number of carboxylic acid groups (broad SMARTS) is 1. The number of nitrogens with zero attached hydrogens (tertiary/aromatic N) is 4. The van der Waals surface area contributed by atoms with Gasteiger partial charge in [-0.25, -0.2) is 9.18 Å². The summed E-state index contributed by atoms with van der Waals surface area (Å²) in [6, 6.07) is 15.8. The van der Waals surface area contributed by atoms with Gasteiger partial charge in [-0.05, 0) is 36.2 Å². The summed E-state index contributed by atoms with van der Waals surface area (Å²) in [5, 5.41) is 18.0. The number of carbonyl (C=O) groups is 1. The molecule has 132 valence electrons. The SMILES string of the molecule is O=C(O)c1nn(-c2ccc(F)cc2)nc1N1CCC(c2ccccc2)C1. The van der Waals surface area contributed by atoms with Gasteiger partial charge in [0.1, 0.15) is 5.82 Å². The summed E-state index contributed by atoms with van der Waals surface area (Å²) in [5.41, 5.74) is 1.65. The van der Waals surface area contributed by atoms with Crippen LogP contribution in [0.15, 0.2) is 54.6 Å². The van der Waals surface area contributed by atoms with Crippen molar-refractivity contribution in [3.63, 3.8) is 0 Å². The molecule has 0 bridgehead atoms. The van der Waals surface area contributed by atoms with Crippen molar-refractivity contribution in [2.75, 3.05) is 18.0 Å². The van der Waals surface area contributed by atoms with Crippen LogP contribution < -0.4 is 4.90 Å². The Balaban J connectivity index is 1.64. The summed E-state index contributed by atoms with van der Waals surface area (Å²) in [4.78, 5) is 14.8. The lowest BCUT2D eigenvalue weighted by Crippen LogP contribution is -2.22. The zero-order chi connectivity index (χ0) is 18.1. The van der Waals surface area contributed by atoms with Gasteiger partial charge in [0.2, 0.25) is 5.69 Å². The molecule has 1 aromatic heterocycles. The third-order valence-electron chi connectivity index (χ3n) is 4.61. The van der Waals surface area contributed by atoms with Crippen molar-refractivity contribution in [1.29, 1.82) is 0 Å². The van der Waals surface area contributed by atoms with E-state index in [-0.39, 0.29) is 11.5 Å². The van der Waals surface area contributed by atoms with Gasteiger partial charge in [0.15, 0.2) is 5.82 Å². The molecule has 7 heteroatoms. The van der Waals surface area contributed by atoms with Crippen LogP contribution in [0, 0.1) is 5.82 Å². The average molecular weight is 352 g/mol. The first-order chi connectivity index (χ1) is 12.6. The number of hydrogen-bond acceptors (Lipinski definition) is 4. The molecule has 1 atom stereocenters. The third kappa shape index (κ3) is 3.03. The van der Waals surface area contributed by atoms with Gasteiger partial charge in [-0.15, -0.1) is 15.0 Å². The Morgan fingerprint density at radius 3 is 2.50 bits per heavy atom. The van der Waals surface area contributed by atoms with Crippen molar-refractivity contribution >= 4 is 11.8 Å². The van der Waals surface area contributed by atoms with Gasteiger partial charge < -0.3 is 10.0 Å². The van der Waals surface area contributed by atoms with E-state index in [0.29, 0.717) is 30.5 Å². The second-order valence-electron chi connectivity index (χ2n) is 6.29. The maximum atomic E-state index is 13.1. The Labute approximate surface area is 149 Å². The van der Waals surface area contributed by atoms with Crippen molar-refractivity contribution in [3.8, 4) is 5.69 Å². The van der Waals surface area contributed by atoms with Crippen LogP contribution in [0.5, 0.6) is 0 Å². The lowest BCUT2D eigenvalue weighted by Gasteiger charge is -2.16. The Hall–Kier alpha value is -3.22. The van der Waals surface area contributed by atoms with E-state index in [1.165, 1.54) is 34.6 Å². The molecule has 4 rings (SSSR count). The highest BCUT2D eigenvalue weighted by Crippen LogP contribution is 2.31. The molecule has 0 radical (unpaired) electrons. The van der Waals surface area contributed by atoms with Crippen LogP contribution in [-0.2, 0) is 0 Å². The van der Waals surface area contributed by atoms with E-state index in [2.05, 4.69) is 22.3 Å². The Morgan fingerprint density at radius 1 is 1.08 bits per heavy atom. The lowest BCUT2D eigenvalue weighted by atomic mass is 9.99. The second kappa shape index (κ2) is 6.59. The zero-order valence-corrected chi connectivity index (χ0v) is 13.9. The number of rotatable bonds is 4. The number of halogens is 1. The van der Waals surface area contributed by atoms with E-state index in [9.17, 15) is 14.3 Å². The average Bonchev–Trinajstić information content (AvgIpc) is 3.30. The molecule has 1 aliphatic rings. The maximum absolute atomic E-state index is 13.1. The first-order valence-corrected chi connectivity index (χ1v) is 8.38. The molecule has 1 N–H and O–H groups in total. The fourth-order valence-electron chi connectivity index (χ4n) is 3.29. The number of anilines is 1. The minimum Gasteiger partial charge on any atom is -0.476 e. The van der Waals surface area contributed by atoms with Gasteiger partial charge >= 0.3 is 5.97 Å². The number of aromatic nitrogens is 3. The van der Waals surface area contributed by atoms with Crippen LogP contribution in [0.4, 0.5) is 10.2 Å². The molecule has 26 heavy (non-hydrogen) atoms. The van der Waals surface area contributed by atoms with Crippen LogP contribution >= 0.6 is 0 Å². The lowest BCUT2D eigenvalue weighted by molar-refractivity contribution is 0.0690. The molecule has 0 spiro atoms. The van der Waals surface area contributed by atoms with Crippen LogP contribution in [0.2, 0.25) is 0 Å². The van der Waals surface area contributed by atoms with Crippen molar-refractivity contribution in [1.82, 2.24) is 15.0 Å². The van der Waals surface area contributed by atoms with E-state index in [4.69, 9.17) is 0 Å². The zero-order valence-electron chi connectivity index (χ0n) is 13.9. The predicted octanol–water partition coefficient (Wildman–Crippen LogP) is 3.10. The molecule has 1 unspecified atom stereocenters. The standard InChI is InChI=1S/C19H17FN4O2/c20-15-6-8-16(9-7-15)24-21-17(19(25)26)18(22-24)23-11-10-14(12-23)13-4-2-1-3-5-13/h1-9,14H,10-12H2,(H,25,26). The molecule has 6 nitrogen and oxygen atoms in total. The molecule has 0 amide bonds. The van der Waals surface area contributed by atoms with Crippen molar-refractivity contribution < 1.29 is 14.3 Å². The highest BCUT2D eigenvalue weighted by atomic mass is 19.1. The van der Waals surface area contributed by atoms with E-state index in [1.54, 1.807) is 0 Å². The van der Waals surface area contributed by atoms with Crippen LogP contribution in [0.3, 0.4) is 0 Å². The molecule has 0 aliphatic carbocycles. The largest absolute Gasteiger partial charge is 0.476 e. The van der Waals surface area contributed by atoms with Gasteiger partial charge in [0.05, 0.1) is 5.69 Å². The molecule has 0 saturated carbocycles. The molecule has 2 heterocycles. The molecular formula is C19H17FN4O2. The smallest absolute Gasteiger partial charge is 0.360 e. The summed E-state index contributed by atoms with van der Waals surface area (Å²) in [7, 11) is 0. The topological polar surface area (TPSA) is 71.2 Å². The van der Waals surface area contributed by atoms with E-state index in [1.807, 2.05) is 23.1 Å². The van der Waals surface area contributed by atoms with Crippen molar-refractivity contribution in [3.05, 3.63) is 71.7 Å². The summed E-state index contributed by atoms with van der Waals surface area (Å²) < 4.78 is 13.1. The van der Waals surface area contributed by atoms with Crippen LogP contribution in [0.25, 0.3) is 5.69 Å². The number of benzene rings is 2. The fourth-order valence-corrected chi connectivity index (χ4v) is 3.29. The molecule has 1 fully saturated rings. The normalized spacial score (nSPS) is 16.8. The molecular weight excluding hydrogens is 335 g/mol. The Morgan fingerprint density at radius 2 is 1.81 bits per heavy atom. The molecule has 1 aliphatic heterocycles. The minimum absolute atomic E-state index is 0.0944. The number of aromatic carboxylic acids is 1. The van der Waals surface area contributed by atoms with Gasteiger partial charge in [-0.2, -0.15) is 0 Å². The number of hydrogen-bond donors (Lipinski definition) is 1. The summed E-state index contributed by atoms with van der Waals surface area (Å²) >= 11 is 0. The Bertz CT molecular complexity index is 924. The highest BCUT2D eigenvalue weighted by molar-refractivity contribution is 5.91. The van der Waals surface area contributed by atoms with E-state index < -0.39 is 5.97 Å². The quantitative estimate of drug-likeness (QED) is 0.781. The highest BCUT2D eigenvalue weighted by Gasteiger charge is 2.30. The van der Waals surface area contributed by atoms with Crippen LogP contribution in [-0.4, -0.2) is 39.2 Å². The van der Waals surface area contributed by atoms with Crippen molar-refractivity contribution in [2.24, 2.45) is 0 Å². The monoisotopic (exact) mass is 352 g/mol. The molecule has 2 aromatic carbocycles. The Kier molecular flexibility index (Phi) is 4.12. The van der Waals surface area contributed by atoms with Crippen LogP contribution in [0.1, 0.15) is 28.4 Å². The molecule has 1 saturated heterocycles. The maximum Gasteiger partial charge on any atom is 0.360 e. The number of carboxylic acids is 1. The van der Waals surface area contributed by atoms with Gasteiger partial charge in [-0.3, -0.25) is 0 Å². The molecule has 3 aromatic rings. The van der Waals surface area contributed by atoms with Gasteiger partial charge in [0, 0.05) is 19.0 Å². The summed E-state index contributed by atoms with van der Waals surface area (Å²) in [6.45, 7) is 1.40. The fraction of sp³-hybridized carbons (Fsp3) is 0.211. The second-order valence-corrected chi connectivity index (χ2v) is 6.29. The van der Waals surface area contributed by atoms with Gasteiger partial charge in [0.25, 0.3) is 0 Å². The predicted molar refractivity (Wildman–Crippen MR) is 94.3 cm³/mol. The van der Waals surface area contributed by atoms with Gasteiger partial charge in [-0.1, -0.05) is 30.3 Å². The summed E-state index contributed by atoms with van der Waals surface area (Å²) in [6.07, 6.45) is 0.923. The third-order valence-corrected chi connectivity index (χ3v) is 4.61. The minimum atomic E-state index is -1.13. The first kappa shape index (κ1) is 16.3.